The van der Waals surface area contributed by atoms with E-state index in [0.29, 0.717) is 66.6 Å². The number of nitrogens with zero attached hydrogens (tertiary/aromatic N) is 2. The van der Waals surface area contributed by atoms with Crippen LogP contribution in [0.2, 0.25) is 0 Å². The van der Waals surface area contributed by atoms with Crippen molar-refractivity contribution < 1.29 is 41.8 Å². The second-order valence-corrected chi connectivity index (χ2v) is 19.4. The van der Waals surface area contributed by atoms with Gasteiger partial charge >= 0.3 is 6.09 Å². The summed E-state index contributed by atoms with van der Waals surface area (Å²) in [6.45, 7) is 5.96. The molecule has 14 nitrogen and oxygen atoms in total. The Morgan fingerprint density at radius 3 is 2.40 bits per heavy atom. The average Bonchev–Trinajstić information content (AvgIpc) is 4.12. The van der Waals surface area contributed by atoms with Gasteiger partial charge in [0, 0.05) is 29.5 Å². The molecule has 0 spiro atoms. The van der Waals surface area contributed by atoms with Crippen molar-refractivity contribution in [1.29, 1.82) is 0 Å². The van der Waals surface area contributed by atoms with Crippen LogP contribution in [0.3, 0.4) is 0 Å². The Labute approximate surface area is 340 Å². The van der Waals surface area contributed by atoms with Gasteiger partial charge in [-0.25, -0.2) is 18.2 Å². The number of alkyl carbamates (subject to hydrolysis) is 1. The molecular formula is C43H55N5O9S. The number of nitrogens with one attached hydrogen (secondary N) is 3. The van der Waals surface area contributed by atoms with Crippen molar-refractivity contribution in [2.24, 2.45) is 11.3 Å². The maximum Gasteiger partial charge on any atom is 0.407 e. The van der Waals surface area contributed by atoms with E-state index in [0.717, 1.165) is 31.2 Å². The molecule has 3 N–H and O–H groups in total. The van der Waals surface area contributed by atoms with Crippen molar-refractivity contribution in [3.63, 3.8) is 0 Å². The maximum atomic E-state index is 14.7. The zero-order valence-corrected chi connectivity index (χ0v) is 34.6. The SMILES string of the molecule is COc1ccc2c(O[C@@H]3C[C@H]4C(=O)N[C@]5(C(=O)NS(=O)(=O)C6CC6)C[C@H]5CCCCCCC[C@H](NC(=O)OCC(C)(C)C)C(=O)N4C3)cc(-c3ccccc3)nc2c1. The Kier molecular flexibility index (Phi) is 11.9. The van der Waals surface area contributed by atoms with Crippen LogP contribution in [-0.4, -0.2) is 91.4 Å². The highest BCUT2D eigenvalue weighted by Gasteiger charge is 2.62. The Balaban J connectivity index is 1.21. The standard InChI is InChI=1S/C43H55N5O9S/c1-42(2,3)26-56-41(52)45-33-16-12-7-5-6-11-15-28-24-43(28,40(51)47-58(53,54)31-18-19-31)46-38(49)36-22-30(25-48(36)39(33)50)57-37-23-34(27-13-9-8-10-14-27)44-35-21-29(55-4)17-20-32(35)37/h8-10,13-14,17,20-21,23,28,30-31,33,36H,5-7,11-12,15-16,18-19,22,24-26H2,1-4H3,(H,45,52)(H,46,49)(H,47,51)/t28-,30-,33+,36+,43-/m1/s1. The first-order valence-corrected chi connectivity index (χ1v) is 22.0. The highest BCUT2D eigenvalue weighted by molar-refractivity contribution is 7.91. The van der Waals surface area contributed by atoms with Crippen molar-refractivity contribution in [3.8, 4) is 22.8 Å². The fourth-order valence-electron chi connectivity index (χ4n) is 8.06. The molecule has 0 radical (unpaired) electrons. The molecule has 312 valence electrons. The van der Waals surface area contributed by atoms with E-state index >= 15 is 0 Å². The first-order chi connectivity index (χ1) is 27.7. The van der Waals surface area contributed by atoms with E-state index in [2.05, 4.69) is 15.4 Å². The van der Waals surface area contributed by atoms with Gasteiger partial charge in [-0.1, -0.05) is 83.2 Å². The van der Waals surface area contributed by atoms with Gasteiger partial charge in [0.2, 0.25) is 21.8 Å². The topological polar surface area (TPSA) is 182 Å². The number of carbonyl (C=O) groups excluding carboxylic acids is 4. The smallest absolute Gasteiger partial charge is 0.407 e. The number of pyridine rings is 1. The zero-order chi connectivity index (χ0) is 41.2. The number of hydrogen-bond acceptors (Lipinski definition) is 10. The van der Waals surface area contributed by atoms with Crippen molar-refractivity contribution >= 4 is 44.7 Å². The minimum Gasteiger partial charge on any atom is -0.497 e. The van der Waals surface area contributed by atoms with Crippen LogP contribution in [0.4, 0.5) is 4.79 Å². The lowest BCUT2D eigenvalue weighted by Crippen LogP contribution is -2.58. The molecule has 4 aliphatic rings. The highest BCUT2D eigenvalue weighted by Crippen LogP contribution is 2.48. The predicted molar refractivity (Wildman–Crippen MR) is 217 cm³/mol. The summed E-state index contributed by atoms with van der Waals surface area (Å²) in [5.74, 6) is -0.928. The number of ether oxygens (including phenoxy) is 3. The fourth-order valence-corrected chi connectivity index (χ4v) is 9.42. The number of rotatable bonds is 9. The van der Waals surface area contributed by atoms with Crippen LogP contribution >= 0.6 is 0 Å². The van der Waals surface area contributed by atoms with E-state index in [1.165, 1.54) is 4.90 Å². The minimum absolute atomic E-state index is 0.00542. The lowest BCUT2D eigenvalue weighted by molar-refractivity contribution is -0.141. The average molecular weight is 818 g/mol. The number of benzene rings is 2. The van der Waals surface area contributed by atoms with E-state index in [1.807, 2.05) is 75.4 Å². The normalized spacial score (nSPS) is 25.6. The van der Waals surface area contributed by atoms with E-state index in [9.17, 15) is 27.6 Å². The van der Waals surface area contributed by atoms with Gasteiger partial charge < -0.3 is 29.7 Å². The molecule has 2 aliphatic heterocycles. The number of fused-ring (bicyclic) bond motifs is 3. The van der Waals surface area contributed by atoms with Crippen LogP contribution in [0.25, 0.3) is 22.2 Å². The van der Waals surface area contributed by atoms with Gasteiger partial charge in [0.25, 0.3) is 5.91 Å². The quantitative estimate of drug-likeness (QED) is 0.245. The lowest BCUT2D eigenvalue weighted by Gasteiger charge is -2.30. The molecule has 0 bridgehead atoms. The third-order valence-corrected chi connectivity index (χ3v) is 13.3. The van der Waals surface area contributed by atoms with Crippen molar-refractivity contribution in [1.82, 2.24) is 25.2 Å². The van der Waals surface area contributed by atoms with E-state index in [4.69, 9.17) is 19.2 Å². The largest absolute Gasteiger partial charge is 0.497 e. The van der Waals surface area contributed by atoms with Gasteiger partial charge in [-0.3, -0.25) is 19.1 Å². The summed E-state index contributed by atoms with van der Waals surface area (Å²) in [6, 6.07) is 14.9. The third-order valence-electron chi connectivity index (χ3n) is 11.5. The minimum atomic E-state index is -3.88. The molecule has 2 saturated heterocycles. The fraction of sp³-hybridized carbons (Fsp3) is 0.558. The first-order valence-electron chi connectivity index (χ1n) is 20.5. The molecule has 7 rings (SSSR count). The molecule has 3 heterocycles. The van der Waals surface area contributed by atoms with Crippen molar-refractivity contribution in [2.45, 2.75) is 120 Å². The number of hydrogen-bond donors (Lipinski definition) is 3. The molecule has 2 aliphatic carbocycles. The highest BCUT2D eigenvalue weighted by atomic mass is 32.2. The molecule has 4 amide bonds. The molecule has 2 aromatic carbocycles. The summed E-state index contributed by atoms with van der Waals surface area (Å²) in [5.41, 5.74) is 0.431. The molecule has 5 atom stereocenters. The molecular weight excluding hydrogens is 763 g/mol. The Hall–Kier alpha value is -4.92. The number of sulfonamides is 1. The van der Waals surface area contributed by atoms with Crippen LogP contribution < -0.4 is 24.8 Å². The Morgan fingerprint density at radius 2 is 1.69 bits per heavy atom. The van der Waals surface area contributed by atoms with Crippen molar-refractivity contribution in [2.75, 3.05) is 20.3 Å². The van der Waals surface area contributed by atoms with Gasteiger partial charge in [0.05, 0.1) is 36.7 Å². The molecule has 58 heavy (non-hydrogen) atoms. The summed E-state index contributed by atoms with van der Waals surface area (Å²) >= 11 is 0. The van der Waals surface area contributed by atoms with Crippen molar-refractivity contribution in [3.05, 3.63) is 54.6 Å². The summed E-state index contributed by atoms with van der Waals surface area (Å²) in [4.78, 5) is 62.6. The Morgan fingerprint density at radius 1 is 0.966 bits per heavy atom. The number of aromatic nitrogens is 1. The van der Waals surface area contributed by atoms with Gasteiger partial charge in [-0.15, -0.1) is 0 Å². The number of methoxy groups -OCH3 is 1. The number of amides is 4. The number of carbonyl (C=O) groups is 4. The van der Waals surface area contributed by atoms with Gasteiger partial charge in [0.1, 0.15) is 35.2 Å². The summed E-state index contributed by atoms with van der Waals surface area (Å²) in [7, 11) is -2.30. The molecule has 4 fully saturated rings. The summed E-state index contributed by atoms with van der Waals surface area (Å²) < 4.78 is 45.9. The second-order valence-electron chi connectivity index (χ2n) is 17.5. The van der Waals surface area contributed by atoms with Gasteiger partial charge in [0.15, 0.2) is 0 Å². The van der Waals surface area contributed by atoms with E-state index in [-0.39, 0.29) is 30.9 Å². The molecule has 3 aromatic rings. The van der Waals surface area contributed by atoms with Crippen LogP contribution in [0, 0.1) is 11.3 Å². The van der Waals surface area contributed by atoms with Crippen LogP contribution in [-0.2, 0) is 29.1 Å². The van der Waals surface area contributed by atoms with Crippen LogP contribution in [0.15, 0.2) is 54.6 Å². The third kappa shape index (κ3) is 9.51. The van der Waals surface area contributed by atoms with E-state index < -0.39 is 62.8 Å². The molecule has 1 aromatic heterocycles. The summed E-state index contributed by atoms with van der Waals surface area (Å²) in [6.07, 6.45) is 4.93. The predicted octanol–water partition coefficient (Wildman–Crippen LogP) is 5.63. The Bertz CT molecular complexity index is 2140. The molecule has 2 saturated carbocycles. The molecule has 0 unspecified atom stereocenters. The van der Waals surface area contributed by atoms with Gasteiger partial charge in [-0.05, 0) is 55.6 Å². The van der Waals surface area contributed by atoms with Crippen LogP contribution in [0.5, 0.6) is 11.5 Å². The van der Waals surface area contributed by atoms with E-state index in [1.54, 1.807) is 7.11 Å². The van der Waals surface area contributed by atoms with Crippen LogP contribution in [0.1, 0.15) is 91.4 Å². The molecule has 15 heteroatoms. The maximum absolute atomic E-state index is 14.7. The second kappa shape index (κ2) is 16.7. The first kappa shape index (κ1) is 41.2. The zero-order valence-electron chi connectivity index (χ0n) is 33.8. The lowest BCUT2D eigenvalue weighted by atomic mass is 9.99. The monoisotopic (exact) mass is 817 g/mol. The van der Waals surface area contributed by atoms with Gasteiger partial charge in [-0.2, -0.15) is 0 Å². The summed E-state index contributed by atoms with van der Waals surface area (Å²) in [5, 5.41) is 5.84.